The van der Waals surface area contributed by atoms with Gasteiger partial charge in [0.25, 0.3) is 0 Å². The number of aliphatic carboxylic acids is 1. The fraction of sp³-hybridized carbons (Fsp3) is 0.529. The predicted octanol–water partition coefficient (Wildman–Crippen LogP) is 3.95. The molecule has 1 aliphatic carbocycles. The van der Waals surface area contributed by atoms with Gasteiger partial charge in [0.2, 0.25) is 0 Å². The number of aryl methyl sites for hydroxylation is 1. The quantitative estimate of drug-likeness (QED) is 0.905. The van der Waals surface area contributed by atoms with Gasteiger partial charge in [0, 0.05) is 18.9 Å². The molecule has 1 N–H and O–H groups in total. The van der Waals surface area contributed by atoms with Crippen molar-refractivity contribution in [2.24, 2.45) is 0 Å². The maximum atomic E-state index is 10.8. The Morgan fingerprint density at radius 2 is 2.00 bits per heavy atom. The molecule has 0 radical (unpaired) electrons. The van der Waals surface area contributed by atoms with Crippen LogP contribution in [0.2, 0.25) is 0 Å². The van der Waals surface area contributed by atoms with Crippen LogP contribution in [0.5, 0.6) is 0 Å². The second kappa shape index (κ2) is 6.29. The summed E-state index contributed by atoms with van der Waals surface area (Å²) in [7, 11) is 0. The topological polar surface area (TPSA) is 55.1 Å². The van der Waals surface area contributed by atoms with Gasteiger partial charge in [-0.05, 0) is 31.4 Å². The summed E-state index contributed by atoms with van der Waals surface area (Å²) in [5, 5.41) is 8.85. The summed E-state index contributed by atoms with van der Waals surface area (Å²) in [5.74, 6) is 0.982. The lowest BCUT2D eigenvalue weighted by atomic mass is 9.88. The first-order valence-electron chi connectivity index (χ1n) is 7.92. The van der Waals surface area contributed by atoms with Gasteiger partial charge in [-0.2, -0.15) is 0 Å². The summed E-state index contributed by atoms with van der Waals surface area (Å²) in [6.45, 7) is 0.749. The molecule has 1 heterocycles. The van der Waals surface area contributed by atoms with Crippen LogP contribution in [0.4, 0.5) is 0 Å². The molecule has 1 saturated carbocycles. The molecule has 0 bridgehead atoms. The normalized spacial score (nSPS) is 16.4. The van der Waals surface area contributed by atoms with Gasteiger partial charge in [0.1, 0.15) is 5.82 Å². The average molecular weight is 286 g/mol. The number of benzene rings is 1. The highest BCUT2D eigenvalue weighted by Crippen LogP contribution is 2.34. The molecule has 0 atom stereocenters. The maximum absolute atomic E-state index is 10.8. The third-order valence-corrected chi connectivity index (χ3v) is 4.43. The van der Waals surface area contributed by atoms with E-state index in [2.05, 4.69) is 16.7 Å². The molecule has 0 unspecified atom stereocenters. The number of carboxylic acids is 1. The van der Waals surface area contributed by atoms with E-state index in [0.29, 0.717) is 12.3 Å². The van der Waals surface area contributed by atoms with Crippen LogP contribution in [0.3, 0.4) is 0 Å². The number of fused-ring (bicyclic) bond motifs is 1. The second-order valence-electron chi connectivity index (χ2n) is 5.94. The minimum absolute atomic E-state index is 0.219. The van der Waals surface area contributed by atoms with E-state index in [0.717, 1.165) is 17.6 Å². The third-order valence-electron chi connectivity index (χ3n) is 4.43. The minimum Gasteiger partial charge on any atom is -0.481 e. The molecule has 1 aliphatic rings. The summed E-state index contributed by atoms with van der Waals surface area (Å²) in [5.41, 5.74) is 2.18. The van der Waals surface area contributed by atoms with E-state index in [1.165, 1.54) is 37.9 Å². The Morgan fingerprint density at radius 3 is 2.76 bits per heavy atom. The SMILES string of the molecule is O=C(O)CCCn1c(C2CCCCC2)nc2ccccc21. The number of para-hydroxylation sites is 2. The van der Waals surface area contributed by atoms with E-state index in [1.54, 1.807) is 0 Å². The Hall–Kier alpha value is -1.84. The van der Waals surface area contributed by atoms with Gasteiger partial charge in [-0.3, -0.25) is 4.79 Å². The van der Waals surface area contributed by atoms with Crippen LogP contribution < -0.4 is 0 Å². The molecule has 2 aromatic rings. The summed E-state index contributed by atoms with van der Waals surface area (Å²) in [6, 6.07) is 8.19. The van der Waals surface area contributed by atoms with Crippen molar-refractivity contribution in [1.29, 1.82) is 0 Å². The van der Waals surface area contributed by atoms with Crippen molar-refractivity contribution in [2.45, 2.75) is 57.4 Å². The molecule has 0 aliphatic heterocycles. The van der Waals surface area contributed by atoms with E-state index in [1.807, 2.05) is 12.1 Å². The first-order valence-corrected chi connectivity index (χ1v) is 7.92. The standard InChI is InChI=1S/C17H22N2O2/c20-16(21)11-6-12-19-15-10-5-4-9-14(15)18-17(19)13-7-2-1-3-8-13/h4-5,9-10,13H,1-3,6-8,11-12H2,(H,20,21). The number of hydrogen-bond donors (Lipinski definition) is 1. The number of carbonyl (C=O) groups is 1. The van der Waals surface area contributed by atoms with Gasteiger partial charge >= 0.3 is 5.97 Å². The first kappa shape index (κ1) is 14.1. The van der Waals surface area contributed by atoms with Gasteiger partial charge in [0.05, 0.1) is 11.0 Å². The van der Waals surface area contributed by atoms with Crippen LogP contribution in [-0.2, 0) is 11.3 Å². The fourth-order valence-corrected chi connectivity index (χ4v) is 3.39. The number of aromatic nitrogens is 2. The van der Waals surface area contributed by atoms with Crippen molar-refractivity contribution < 1.29 is 9.90 Å². The van der Waals surface area contributed by atoms with Gasteiger partial charge in [0.15, 0.2) is 0 Å². The molecule has 112 valence electrons. The minimum atomic E-state index is -0.723. The Labute approximate surface area is 124 Å². The second-order valence-corrected chi connectivity index (χ2v) is 5.94. The van der Waals surface area contributed by atoms with Crippen molar-refractivity contribution in [3.05, 3.63) is 30.1 Å². The van der Waals surface area contributed by atoms with Crippen LogP contribution in [0.25, 0.3) is 11.0 Å². The van der Waals surface area contributed by atoms with Gasteiger partial charge in [-0.15, -0.1) is 0 Å². The lowest BCUT2D eigenvalue weighted by Crippen LogP contribution is -2.13. The van der Waals surface area contributed by atoms with E-state index in [4.69, 9.17) is 10.1 Å². The first-order chi connectivity index (χ1) is 10.3. The number of carboxylic acid groups (broad SMARTS) is 1. The highest BCUT2D eigenvalue weighted by atomic mass is 16.4. The van der Waals surface area contributed by atoms with Gasteiger partial charge < -0.3 is 9.67 Å². The monoisotopic (exact) mass is 286 g/mol. The number of rotatable bonds is 5. The molecule has 0 saturated heterocycles. The number of hydrogen-bond acceptors (Lipinski definition) is 2. The highest BCUT2D eigenvalue weighted by Gasteiger charge is 2.22. The zero-order chi connectivity index (χ0) is 14.7. The molecule has 1 aromatic carbocycles. The molecular formula is C17H22N2O2. The fourth-order valence-electron chi connectivity index (χ4n) is 3.39. The molecule has 4 nitrogen and oxygen atoms in total. The largest absolute Gasteiger partial charge is 0.481 e. The Kier molecular flexibility index (Phi) is 4.23. The summed E-state index contributed by atoms with van der Waals surface area (Å²) < 4.78 is 2.26. The third kappa shape index (κ3) is 3.09. The molecule has 1 fully saturated rings. The molecule has 1 aromatic heterocycles. The van der Waals surface area contributed by atoms with Gasteiger partial charge in [-0.1, -0.05) is 31.4 Å². The number of imidazole rings is 1. The zero-order valence-electron chi connectivity index (χ0n) is 12.3. The van der Waals surface area contributed by atoms with Crippen molar-refractivity contribution in [3.63, 3.8) is 0 Å². The van der Waals surface area contributed by atoms with Crippen LogP contribution in [0.1, 0.15) is 56.7 Å². The molecule has 0 amide bonds. The van der Waals surface area contributed by atoms with E-state index in [-0.39, 0.29) is 6.42 Å². The maximum Gasteiger partial charge on any atom is 0.303 e. The highest BCUT2D eigenvalue weighted by molar-refractivity contribution is 5.76. The number of nitrogens with zero attached hydrogens (tertiary/aromatic N) is 2. The summed E-state index contributed by atoms with van der Waals surface area (Å²) >= 11 is 0. The average Bonchev–Trinajstić information content (AvgIpc) is 2.87. The smallest absolute Gasteiger partial charge is 0.303 e. The van der Waals surface area contributed by atoms with Crippen molar-refractivity contribution in [2.75, 3.05) is 0 Å². The Bertz CT molecular complexity index is 627. The van der Waals surface area contributed by atoms with Crippen LogP contribution >= 0.6 is 0 Å². The predicted molar refractivity (Wildman–Crippen MR) is 82.4 cm³/mol. The molecule has 0 spiro atoms. The Morgan fingerprint density at radius 1 is 1.24 bits per heavy atom. The lowest BCUT2D eigenvalue weighted by Gasteiger charge is -2.22. The van der Waals surface area contributed by atoms with Crippen LogP contribution in [0, 0.1) is 0 Å². The zero-order valence-corrected chi connectivity index (χ0v) is 12.3. The lowest BCUT2D eigenvalue weighted by molar-refractivity contribution is -0.137. The van der Waals surface area contributed by atoms with E-state index < -0.39 is 5.97 Å². The van der Waals surface area contributed by atoms with Crippen molar-refractivity contribution in [3.8, 4) is 0 Å². The summed E-state index contributed by atoms with van der Waals surface area (Å²) in [6.07, 6.45) is 7.19. The van der Waals surface area contributed by atoms with Crippen molar-refractivity contribution in [1.82, 2.24) is 9.55 Å². The van der Waals surface area contributed by atoms with E-state index >= 15 is 0 Å². The molecular weight excluding hydrogens is 264 g/mol. The molecule has 21 heavy (non-hydrogen) atoms. The molecule has 3 rings (SSSR count). The van der Waals surface area contributed by atoms with Crippen LogP contribution in [-0.4, -0.2) is 20.6 Å². The van der Waals surface area contributed by atoms with Crippen LogP contribution in [0.15, 0.2) is 24.3 Å². The Balaban J connectivity index is 1.91. The summed E-state index contributed by atoms with van der Waals surface area (Å²) in [4.78, 5) is 15.6. The van der Waals surface area contributed by atoms with Crippen molar-refractivity contribution >= 4 is 17.0 Å². The molecule has 4 heteroatoms. The van der Waals surface area contributed by atoms with Gasteiger partial charge in [-0.25, -0.2) is 4.98 Å². The van der Waals surface area contributed by atoms with E-state index in [9.17, 15) is 4.79 Å².